The maximum absolute atomic E-state index is 13.2. The second-order valence-corrected chi connectivity index (χ2v) is 8.50. The number of urea groups is 1. The molecule has 0 radical (unpaired) electrons. The Morgan fingerprint density at radius 1 is 1.09 bits per heavy atom. The molecule has 1 aliphatic rings. The van der Waals surface area contributed by atoms with Crippen LogP contribution >= 0.6 is 0 Å². The fourth-order valence-corrected chi connectivity index (χ4v) is 3.86. The third-order valence-electron chi connectivity index (χ3n) is 5.49. The summed E-state index contributed by atoms with van der Waals surface area (Å²) < 4.78 is 24.7. The predicted molar refractivity (Wildman–Crippen MR) is 131 cm³/mol. The highest BCUT2D eigenvalue weighted by Gasteiger charge is 2.25. The summed E-state index contributed by atoms with van der Waals surface area (Å²) in [6.07, 6.45) is 3.88. The van der Waals surface area contributed by atoms with E-state index in [4.69, 9.17) is 9.47 Å². The maximum Gasteiger partial charge on any atom is 0.323 e. The van der Waals surface area contributed by atoms with Crippen molar-refractivity contribution < 1.29 is 18.7 Å². The zero-order chi connectivity index (χ0) is 23.9. The molecule has 3 aromatic carbocycles. The predicted octanol–water partition coefficient (Wildman–Crippen LogP) is 6.21. The van der Waals surface area contributed by atoms with Gasteiger partial charge in [0.1, 0.15) is 23.0 Å². The molecule has 3 N–H and O–H groups in total. The molecule has 0 saturated carbocycles. The summed E-state index contributed by atoms with van der Waals surface area (Å²) >= 11 is 0. The number of anilines is 2. The maximum atomic E-state index is 13.2. The first-order valence-corrected chi connectivity index (χ1v) is 10.7. The number of carbonyl (C=O) groups excluding carboxylic acids is 1. The Kier molecular flexibility index (Phi) is 5.20. The van der Waals surface area contributed by atoms with Crippen LogP contribution in [0, 0.1) is 5.82 Å². The largest absolute Gasteiger partial charge is 0.494 e. The average molecular weight is 458 g/mol. The van der Waals surface area contributed by atoms with Gasteiger partial charge in [0.2, 0.25) is 0 Å². The van der Waals surface area contributed by atoms with Gasteiger partial charge in [-0.2, -0.15) is 0 Å². The molecule has 0 saturated heterocycles. The molecule has 5 rings (SSSR count). The second-order valence-electron chi connectivity index (χ2n) is 8.50. The molecular formula is C26H23FN4O3. The minimum absolute atomic E-state index is 0.305. The number of hydrogen-bond donors (Lipinski definition) is 3. The van der Waals surface area contributed by atoms with Gasteiger partial charge in [-0.25, -0.2) is 14.2 Å². The fraction of sp³-hybridized carbons (Fsp3) is 0.154. The van der Waals surface area contributed by atoms with E-state index in [1.165, 1.54) is 12.1 Å². The molecule has 0 aliphatic carbocycles. The molecule has 0 unspecified atom stereocenters. The van der Waals surface area contributed by atoms with Crippen LogP contribution in [0.2, 0.25) is 0 Å². The average Bonchev–Trinajstić information content (AvgIpc) is 3.22. The van der Waals surface area contributed by atoms with E-state index in [0.29, 0.717) is 34.2 Å². The minimum atomic E-state index is -0.423. The summed E-state index contributed by atoms with van der Waals surface area (Å²) in [7, 11) is 1.55. The lowest BCUT2D eigenvalue weighted by molar-refractivity contribution is 0.158. The number of carbonyl (C=O) groups is 1. The Bertz CT molecular complexity index is 1420. The molecule has 172 valence electrons. The molecule has 2 amide bonds. The van der Waals surface area contributed by atoms with Gasteiger partial charge >= 0.3 is 6.03 Å². The third kappa shape index (κ3) is 4.17. The van der Waals surface area contributed by atoms with Crippen LogP contribution in [0.3, 0.4) is 0 Å². The lowest BCUT2D eigenvalue weighted by Crippen LogP contribution is -2.27. The number of nitrogens with one attached hydrogen (secondary N) is 3. The molecule has 34 heavy (non-hydrogen) atoms. The van der Waals surface area contributed by atoms with Crippen LogP contribution in [0.25, 0.3) is 28.5 Å². The first kappa shape index (κ1) is 21.5. The quantitative estimate of drug-likeness (QED) is 0.339. The summed E-state index contributed by atoms with van der Waals surface area (Å²) in [4.78, 5) is 20.5. The number of benzene rings is 3. The van der Waals surface area contributed by atoms with E-state index in [-0.39, 0.29) is 5.82 Å². The van der Waals surface area contributed by atoms with Crippen LogP contribution in [-0.2, 0) is 0 Å². The molecule has 0 atom stereocenters. The van der Waals surface area contributed by atoms with Gasteiger partial charge in [0.25, 0.3) is 0 Å². The molecule has 1 aliphatic heterocycles. The van der Waals surface area contributed by atoms with Gasteiger partial charge in [0.05, 0.1) is 29.4 Å². The van der Waals surface area contributed by atoms with Crippen molar-refractivity contribution in [3.8, 4) is 22.9 Å². The van der Waals surface area contributed by atoms with Crippen LogP contribution in [0.1, 0.15) is 19.4 Å². The minimum Gasteiger partial charge on any atom is -0.494 e. The number of aromatic amines is 1. The highest BCUT2D eigenvalue weighted by atomic mass is 19.1. The number of ether oxygens (including phenoxy) is 2. The van der Waals surface area contributed by atoms with Crippen LogP contribution in [0.5, 0.6) is 11.5 Å². The summed E-state index contributed by atoms with van der Waals surface area (Å²) in [6, 6.07) is 14.6. The summed E-state index contributed by atoms with van der Waals surface area (Å²) in [6.45, 7) is 3.94. The van der Waals surface area contributed by atoms with Gasteiger partial charge in [0, 0.05) is 11.3 Å². The Labute approximate surface area is 195 Å². The first-order chi connectivity index (χ1) is 16.3. The van der Waals surface area contributed by atoms with Crippen molar-refractivity contribution in [2.75, 3.05) is 17.7 Å². The van der Waals surface area contributed by atoms with E-state index in [1.54, 1.807) is 37.4 Å². The van der Waals surface area contributed by atoms with Crippen LogP contribution < -0.4 is 20.1 Å². The number of nitrogens with zero attached hydrogens (tertiary/aromatic N) is 1. The highest BCUT2D eigenvalue weighted by Crippen LogP contribution is 2.41. The van der Waals surface area contributed by atoms with Crippen LogP contribution in [-0.4, -0.2) is 28.7 Å². The molecule has 4 aromatic rings. The van der Waals surface area contributed by atoms with E-state index in [9.17, 15) is 9.18 Å². The standard InChI is InChI=1S/C26H23FN4O3/c1-26(2)13-12-18-22(34-26)11-10-20(23(18)33-3)31-25(32)28-17-8-9-19-21(14-17)30-24(29-19)15-4-6-16(27)7-5-15/h4-14H,1-3H3,(H,29,30)(H2,28,31,32). The molecule has 0 fully saturated rings. The first-order valence-electron chi connectivity index (χ1n) is 10.7. The number of H-pyrrole nitrogens is 1. The zero-order valence-corrected chi connectivity index (χ0v) is 18.9. The summed E-state index contributed by atoms with van der Waals surface area (Å²) in [5.74, 6) is 1.52. The van der Waals surface area contributed by atoms with Crippen molar-refractivity contribution >= 4 is 34.5 Å². The normalized spacial score (nSPS) is 13.8. The number of rotatable bonds is 4. The number of amides is 2. The van der Waals surface area contributed by atoms with Crippen molar-refractivity contribution in [2.45, 2.75) is 19.4 Å². The Morgan fingerprint density at radius 3 is 2.65 bits per heavy atom. The summed E-state index contributed by atoms with van der Waals surface area (Å²) in [5, 5.41) is 5.66. The fourth-order valence-electron chi connectivity index (χ4n) is 3.86. The molecule has 0 spiro atoms. The topological polar surface area (TPSA) is 88.3 Å². The van der Waals surface area contributed by atoms with Crippen LogP contribution in [0.15, 0.2) is 60.7 Å². The van der Waals surface area contributed by atoms with Gasteiger partial charge < -0.3 is 25.1 Å². The van der Waals surface area contributed by atoms with E-state index in [0.717, 1.165) is 16.6 Å². The number of halogens is 1. The van der Waals surface area contributed by atoms with Crippen molar-refractivity contribution in [1.29, 1.82) is 0 Å². The van der Waals surface area contributed by atoms with E-state index in [1.807, 2.05) is 38.1 Å². The number of hydrogen-bond acceptors (Lipinski definition) is 4. The smallest absolute Gasteiger partial charge is 0.323 e. The Morgan fingerprint density at radius 2 is 1.88 bits per heavy atom. The number of methoxy groups -OCH3 is 1. The Hall–Kier alpha value is -4.33. The van der Waals surface area contributed by atoms with E-state index < -0.39 is 11.6 Å². The van der Waals surface area contributed by atoms with Gasteiger partial charge in [-0.05, 0) is 80.6 Å². The SMILES string of the molecule is COc1c(NC(=O)Nc2ccc3[nH]c(-c4ccc(F)cc4)nc3c2)ccc2c1C=CC(C)(C)O2. The van der Waals surface area contributed by atoms with Crippen molar-refractivity contribution in [2.24, 2.45) is 0 Å². The van der Waals surface area contributed by atoms with Crippen molar-refractivity contribution in [1.82, 2.24) is 9.97 Å². The Balaban J connectivity index is 1.34. The highest BCUT2D eigenvalue weighted by molar-refractivity contribution is 6.02. The lowest BCUT2D eigenvalue weighted by Gasteiger charge is -2.29. The number of fused-ring (bicyclic) bond motifs is 2. The number of aromatic nitrogens is 2. The van der Waals surface area contributed by atoms with Crippen LogP contribution in [0.4, 0.5) is 20.6 Å². The van der Waals surface area contributed by atoms with E-state index in [2.05, 4.69) is 20.6 Å². The second kappa shape index (κ2) is 8.22. The van der Waals surface area contributed by atoms with Gasteiger partial charge in [-0.3, -0.25) is 0 Å². The monoisotopic (exact) mass is 458 g/mol. The molecule has 8 heteroatoms. The summed E-state index contributed by atoms with van der Waals surface area (Å²) in [5.41, 5.74) is 3.70. The molecule has 0 bridgehead atoms. The van der Waals surface area contributed by atoms with Crippen molar-refractivity contribution in [3.63, 3.8) is 0 Å². The zero-order valence-electron chi connectivity index (χ0n) is 18.9. The number of imidazole rings is 1. The van der Waals surface area contributed by atoms with Crippen molar-refractivity contribution in [3.05, 3.63) is 72.1 Å². The molecular weight excluding hydrogens is 435 g/mol. The molecule has 7 nitrogen and oxygen atoms in total. The van der Waals surface area contributed by atoms with Gasteiger partial charge in [-0.1, -0.05) is 0 Å². The molecule has 1 aromatic heterocycles. The molecule has 2 heterocycles. The van der Waals surface area contributed by atoms with E-state index >= 15 is 0 Å². The van der Waals surface area contributed by atoms with Gasteiger partial charge in [0.15, 0.2) is 5.75 Å². The van der Waals surface area contributed by atoms with Gasteiger partial charge in [-0.15, -0.1) is 0 Å². The lowest BCUT2D eigenvalue weighted by atomic mass is 10.0. The third-order valence-corrected chi connectivity index (χ3v) is 5.49.